The molecule has 1 unspecified atom stereocenters. The van der Waals surface area contributed by atoms with Crippen molar-refractivity contribution in [1.29, 1.82) is 0 Å². The molecule has 1 saturated carbocycles. The van der Waals surface area contributed by atoms with Crippen molar-refractivity contribution in [3.63, 3.8) is 0 Å². The normalized spacial score (nSPS) is 16.5. The molecule has 7 heteroatoms. The number of benzene rings is 1. The van der Waals surface area contributed by atoms with E-state index in [4.69, 9.17) is 9.84 Å². The lowest BCUT2D eigenvalue weighted by Crippen LogP contribution is -2.38. The molecule has 1 aliphatic carbocycles. The lowest BCUT2D eigenvalue weighted by Gasteiger charge is -2.28. The first-order chi connectivity index (χ1) is 12.9. The van der Waals surface area contributed by atoms with Crippen LogP contribution in [0.3, 0.4) is 0 Å². The number of hydrogen-bond donors (Lipinski definition) is 2. The molecule has 0 bridgehead atoms. The molecule has 0 saturated heterocycles. The summed E-state index contributed by atoms with van der Waals surface area (Å²) < 4.78 is 19.3. The summed E-state index contributed by atoms with van der Waals surface area (Å²) in [7, 11) is 0. The van der Waals surface area contributed by atoms with Gasteiger partial charge in [0.25, 0.3) is 0 Å². The van der Waals surface area contributed by atoms with E-state index in [0.717, 1.165) is 24.5 Å². The minimum Gasteiger partial charge on any atom is -0.479 e. The number of nitrogens with zero attached hydrogens (tertiary/aromatic N) is 1. The number of ether oxygens (including phenoxy) is 1. The summed E-state index contributed by atoms with van der Waals surface area (Å²) in [6.07, 6.45) is 5.50. The van der Waals surface area contributed by atoms with Gasteiger partial charge in [0, 0.05) is 24.1 Å². The molecule has 2 N–H and O–H groups in total. The van der Waals surface area contributed by atoms with Gasteiger partial charge in [0.15, 0.2) is 17.7 Å². The highest BCUT2D eigenvalue weighted by Gasteiger charge is 2.42. The van der Waals surface area contributed by atoms with E-state index < -0.39 is 23.3 Å². The SMILES string of the molecule is CC(Oc1ccc(NC(=O)C2(c3cccnc3)CCCC2)cc1F)C(=O)O. The maximum absolute atomic E-state index is 14.2. The number of nitrogens with one attached hydrogen (secondary N) is 1. The van der Waals surface area contributed by atoms with Gasteiger partial charge in [-0.1, -0.05) is 18.9 Å². The Hall–Kier alpha value is -2.96. The van der Waals surface area contributed by atoms with Crippen molar-refractivity contribution < 1.29 is 23.8 Å². The predicted octanol–water partition coefficient (Wildman–Crippen LogP) is 3.52. The van der Waals surface area contributed by atoms with Gasteiger partial charge in [0.05, 0.1) is 5.41 Å². The van der Waals surface area contributed by atoms with Crippen LogP contribution in [0.4, 0.5) is 10.1 Å². The molecule has 1 aromatic carbocycles. The molecule has 6 nitrogen and oxygen atoms in total. The summed E-state index contributed by atoms with van der Waals surface area (Å²) >= 11 is 0. The summed E-state index contributed by atoms with van der Waals surface area (Å²) in [6.45, 7) is 1.31. The van der Waals surface area contributed by atoms with Crippen LogP contribution in [0.15, 0.2) is 42.7 Å². The Morgan fingerprint density at radius 1 is 1.30 bits per heavy atom. The smallest absolute Gasteiger partial charge is 0.344 e. The molecule has 3 rings (SSSR count). The van der Waals surface area contributed by atoms with Gasteiger partial charge in [-0.3, -0.25) is 9.78 Å². The van der Waals surface area contributed by atoms with E-state index in [1.54, 1.807) is 18.5 Å². The average molecular weight is 372 g/mol. The van der Waals surface area contributed by atoms with Gasteiger partial charge in [0.2, 0.25) is 5.91 Å². The fourth-order valence-electron chi connectivity index (χ4n) is 3.44. The van der Waals surface area contributed by atoms with Crippen LogP contribution < -0.4 is 10.1 Å². The molecule has 27 heavy (non-hydrogen) atoms. The summed E-state index contributed by atoms with van der Waals surface area (Å²) in [6, 6.07) is 7.64. The van der Waals surface area contributed by atoms with Crippen LogP contribution in [-0.4, -0.2) is 28.1 Å². The van der Waals surface area contributed by atoms with Crippen molar-refractivity contribution in [2.24, 2.45) is 0 Å². The lowest BCUT2D eigenvalue weighted by molar-refractivity contribution is -0.144. The molecule has 1 amide bonds. The molecule has 1 heterocycles. The third kappa shape index (κ3) is 3.92. The third-order valence-electron chi connectivity index (χ3n) is 4.95. The van der Waals surface area contributed by atoms with E-state index >= 15 is 0 Å². The standard InChI is InChI=1S/C20H21FN2O4/c1-13(18(24)25)27-17-7-6-15(11-16(17)21)23-19(26)20(8-2-3-9-20)14-5-4-10-22-12-14/h4-7,10-13H,2-3,8-9H2,1H3,(H,23,26)(H,24,25). The number of rotatable bonds is 6. The number of halogens is 1. The molecule has 0 aliphatic heterocycles. The first-order valence-electron chi connectivity index (χ1n) is 8.83. The van der Waals surface area contributed by atoms with Crippen LogP contribution in [-0.2, 0) is 15.0 Å². The number of aromatic nitrogens is 1. The first kappa shape index (κ1) is 18.8. The average Bonchev–Trinajstić information content (AvgIpc) is 3.15. The fourth-order valence-corrected chi connectivity index (χ4v) is 3.44. The monoisotopic (exact) mass is 372 g/mol. The van der Waals surface area contributed by atoms with Gasteiger partial charge in [-0.2, -0.15) is 0 Å². The van der Waals surface area contributed by atoms with Gasteiger partial charge < -0.3 is 15.2 Å². The number of carbonyl (C=O) groups is 2. The summed E-state index contributed by atoms with van der Waals surface area (Å²) in [4.78, 5) is 28.0. The van der Waals surface area contributed by atoms with Gasteiger partial charge in [0.1, 0.15) is 0 Å². The first-order valence-corrected chi connectivity index (χ1v) is 8.83. The Bertz CT molecular complexity index is 835. The zero-order chi connectivity index (χ0) is 19.4. The number of pyridine rings is 1. The highest BCUT2D eigenvalue weighted by Crippen LogP contribution is 2.41. The van der Waals surface area contributed by atoms with E-state index in [1.807, 2.05) is 6.07 Å². The molecule has 142 valence electrons. The van der Waals surface area contributed by atoms with Crippen LogP contribution in [0.5, 0.6) is 5.75 Å². The second kappa shape index (κ2) is 7.73. The summed E-state index contributed by atoms with van der Waals surface area (Å²) in [5.74, 6) is -2.29. The number of amides is 1. The van der Waals surface area contributed by atoms with Crippen LogP contribution in [0, 0.1) is 5.82 Å². The molecule has 1 aromatic heterocycles. The van der Waals surface area contributed by atoms with Crippen LogP contribution in [0.2, 0.25) is 0 Å². The van der Waals surface area contributed by atoms with E-state index in [2.05, 4.69) is 10.3 Å². The van der Waals surface area contributed by atoms with E-state index in [9.17, 15) is 14.0 Å². The molecule has 1 fully saturated rings. The number of aliphatic carboxylic acids is 1. The van der Waals surface area contributed by atoms with Crippen LogP contribution in [0.1, 0.15) is 38.2 Å². The van der Waals surface area contributed by atoms with Crippen molar-refractivity contribution >= 4 is 17.6 Å². The maximum Gasteiger partial charge on any atom is 0.344 e. The third-order valence-corrected chi connectivity index (χ3v) is 4.95. The van der Waals surface area contributed by atoms with Gasteiger partial charge in [-0.15, -0.1) is 0 Å². The minimum absolute atomic E-state index is 0.175. The van der Waals surface area contributed by atoms with E-state index in [0.29, 0.717) is 18.5 Å². The van der Waals surface area contributed by atoms with Crippen LogP contribution in [0.25, 0.3) is 0 Å². The Labute approximate surface area is 156 Å². The number of carboxylic acids is 1. The Kier molecular flexibility index (Phi) is 5.39. The summed E-state index contributed by atoms with van der Waals surface area (Å²) in [5.41, 5.74) is 0.483. The van der Waals surface area contributed by atoms with Crippen molar-refractivity contribution in [2.75, 3.05) is 5.32 Å². The van der Waals surface area contributed by atoms with Gasteiger partial charge in [-0.25, -0.2) is 9.18 Å². The number of carboxylic acid groups (broad SMARTS) is 1. The van der Waals surface area contributed by atoms with Crippen molar-refractivity contribution in [3.05, 3.63) is 54.1 Å². The van der Waals surface area contributed by atoms with Crippen molar-refractivity contribution in [3.8, 4) is 5.75 Å². The highest BCUT2D eigenvalue weighted by atomic mass is 19.1. The Morgan fingerprint density at radius 3 is 2.63 bits per heavy atom. The topological polar surface area (TPSA) is 88.5 Å². The fraction of sp³-hybridized carbons (Fsp3) is 0.350. The highest BCUT2D eigenvalue weighted by molar-refractivity contribution is 5.99. The second-order valence-electron chi connectivity index (χ2n) is 6.73. The molecular formula is C20H21FN2O4. The van der Waals surface area contributed by atoms with Gasteiger partial charge in [-0.05, 0) is 43.5 Å². The molecule has 1 atom stereocenters. The molecular weight excluding hydrogens is 351 g/mol. The molecule has 0 spiro atoms. The lowest BCUT2D eigenvalue weighted by atomic mass is 9.78. The van der Waals surface area contributed by atoms with Crippen molar-refractivity contribution in [2.45, 2.75) is 44.1 Å². The quantitative estimate of drug-likeness (QED) is 0.810. The molecule has 0 radical (unpaired) electrons. The van der Waals surface area contributed by atoms with E-state index in [1.165, 1.54) is 19.1 Å². The molecule has 1 aliphatic rings. The minimum atomic E-state index is -1.19. The second-order valence-corrected chi connectivity index (χ2v) is 6.73. The predicted molar refractivity (Wildman–Crippen MR) is 97.1 cm³/mol. The largest absolute Gasteiger partial charge is 0.479 e. The van der Waals surface area contributed by atoms with Gasteiger partial charge >= 0.3 is 5.97 Å². The Morgan fingerprint density at radius 2 is 2.04 bits per heavy atom. The van der Waals surface area contributed by atoms with E-state index in [-0.39, 0.29) is 11.7 Å². The number of hydrogen-bond acceptors (Lipinski definition) is 4. The molecule has 2 aromatic rings. The number of anilines is 1. The maximum atomic E-state index is 14.2. The number of carbonyl (C=O) groups excluding carboxylic acids is 1. The summed E-state index contributed by atoms with van der Waals surface area (Å²) in [5, 5.41) is 11.6. The van der Waals surface area contributed by atoms with Crippen LogP contribution >= 0.6 is 0 Å². The zero-order valence-corrected chi connectivity index (χ0v) is 14.9. The van der Waals surface area contributed by atoms with Crippen molar-refractivity contribution in [1.82, 2.24) is 4.98 Å². The zero-order valence-electron chi connectivity index (χ0n) is 14.9. The Balaban J connectivity index is 1.79.